The van der Waals surface area contributed by atoms with Crippen molar-refractivity contribution in [2.75, 3.05) is 13.1 Å². The molecule has 1 saturated heterocycles. The second-order valence-corrected chi connectivity index (χ2v) is 6.48. The summed E-state index contributed by atoms with van der Waals surface area (Å²) in [6.45, 7) is 5.99. The zero-order valence-electron chi connectivity index (χ0n) is 10.7. The summed E-state index contributed by atoms with van der Waals surface area (Å²) in [6, 6.07) is 5.13. The normalized spacial score (nSPS) is 24.1. The van der Waals surface area contributed by atoms with Gasteiger partial charge < -0.3 is 10.0 Å². The highest BCUT2D eigenvalue weighted by molar-refractivity contribution is 14.1. The van der Waals surface area contributed by atoms with Crippen molar-refractivity contribution in [3.05, 3.63) is 27.3 Å². The standard InChI is InChI=1S/C14H18INO2/c1-9-5-10(2)8-16(7-9)14(18)11-3-4-12(15)13(17)6-11/h3-4,6,9-10,17H,5,7-8H2,1-2H3. The topological polar surface area (TPSA) is 40.5 Å². The van der Waals surface area contributed by atoms with Gasteiger partial charge in [-0.1, -0.05) is 13.8 Å². The molecule has 1 heterocycles. The summed E-state index contributed by atoms with van der Waals surface area (Å²) in [6.07, 6.45) is 1.18. The van der Waals surface area contributed by atoms with Gasteiger partial charge in [-0.2, -0.15) is 0 Å². The molecule has 98 valence electrons. The molecule has 1 N–H and O–H groups in total. The van der Waals surface area contributed by atoms with Crippen molar-refractivity contribution >= 4 is 28.5 Å². The van der Waals surface area contributed by atoms with E-state index in [0.29, 0.717) is 17.4 Å². The number of aromatic hydroxyl groups is 1. The fourth-order valence-electron chi connectivity index (χ4n) is 2.66. The first-order chi connectivity index (χ1) is 8.47. The molecule has 1 aromatic carbocycles. The molecular weight excluding hydrogens is 341 g/mol. The molecule has 18 heavy (non-hydrogen) atoms. The molecule has 0 aromatic heterocycles. The molecule has 2 rings (SSSR count). The molecule has 2 atom stereocenters. The first-order valence-corrected chi connectivity index (χ1v) is 7.33. The van der Waals surface area contributed by atoms with E-state index in [9.17, 15) is 9.90 Å². The fraction of sp³-hybridized carbons (Fsp3) is 0.500. The number of benzene rings is 1. The SMILES string of the molecule is CC1CC(C)CN(C(=O)c2ccc(I)c(O)c2)C1. The molecule has 1 aliphatic rings. The summed E-state index contributed by atoms with van der Waals surface area (Å²) >= 11 is 2.05. The van der Waals surface area contributed by atoms with E-state index in [1.165, 1.54) is 6.42 Å². The zero-order chi connectivity index (χ0) is 13.3. The highest BCUT2D eigenvalue weighted by Gasteiger charge is 2.26. The molecule has 0 bridgehead atoms. The van der Waals surface area contributed by atoms with E-state index in [1.54, 1.807) is 18.2 Å². The Morgan fingerprint density at radius 2 is 1.94 bits per heavy atom. The maximum absolute atomic E-state index is 12.4. The minimum absolute atomic E-state index is 0.0279. The Balaban J connectivity index is 2.17. The molecule has 1 amide bonds. The number of amides is 1. The fourth-order valence-corrected chi connectivity index (χ4v) is 2.99. The van der Waals surface area contributed by atoms with Gasteiger partial charge in [-0.25, -0.2) is 0 Å². The van der Waals surface area contributed by atoms with Crippen LogP contribution in [-0.4, -0.2) is 29.0 Å². The van der Waals surface area contributed by atoms with Crippen molar-refractivity contribution in [1.82, 2.24) is 4.90 Å². The lowest BCUT2D eigenvalue weighted by atomic mass is 9.91. The average Bonchev–Trinajstić information content (AvgIpc) is 2.30. The predicted molar refractivity (Wildman–Crippen MR) is 79.7 cm³/mol. The number of phenolic OH excluding ortho intramolecular Hbond substituents is 1. The number of hydrogen-bond acceptors (Lipinski definition) is 2. The Hall–Kier alpha value is -0.780. The van der Waals surface area contributed by atoms with E-state index in [-0.39, 0.29) is 11.7 Å². The Morgan fingerprint density at radius 1 is 1.33 bits per heavy atom. The minimum atomic E-state index is 0.0279. The van der Waals surface area contributed by atoms with Crippen molar-refractivity contribution in [1.29, 1.82) is 0 Å². The highest BCUT2D eigenvalue weighted by atomic mass is 127. The molecule has 0 spiro atoms. The molecule has 0 radical (unpaired) electrons. The number of piperidine rings is 1. The maximum Gasteiger partial charge on any atom is 0.254 e. The Kier molecular flexibility index (Phi) is 4.14. The second-order valence-electron chi connectivity index (χ2n) is 5.32. The third kappa shape index (κ3) is 2.96. The van der Waals surface area contributed by atoms with Crippen molar-refractivity contribution in [3.8, 4) is 5.75 Å². The summed E-state index contributed by atoms with van der Waals surface area (Å²) in [4.78, 5) is 14.3. The molecule has 0 aliphatic carbocycles. The molecular formula is C14H18INO2. The number of halogens is 1. The highest BCUT2D eigenvalue weighted by Crippen LogP contribution is 2.25. The zero-order valence-corrected chi connectivity index (χ0v) is 12.8. The quantitative estimate of drug-likeness (QED) is 0.783. The van der Waals surface area contributed by atoms with Gasteiger partial charge in [0, 0.05) is 18.7 Å². The minimum Gasteiger partial charge on any atom is -0.507 e. The van der Waals surface area contributed by atoms with Crippen LogP contribution < -0.4 is 0 Å². The van der Waals surface area contributed by atoms with E-state index < -0.39 is 0 Å². The van der Waals surface area contributed by atoms with Crippen LogP contribution in [0.1, 0.15) is 30.6 Å². The van der Waals surface area contributed by atoms with Crippen LogP contribution in [0.4, 0.5) is 0 Å². The van der Waals surface area contributed by atoms with Gasteiger partial charge in [0.05, 0.1) is 3.57 Å². The molecule has 1 aromatic rings. The molecule has 1 fully saturated rings. The monoisotopic (exact) mass is 359 g/mol. The summed E-state index contributed by atoms with van der Waals surface area (Å²) in [7, 11) is 0. The number of nitrogens with zero attached hydrogens (tertiary/aromatic N) is 1. The van der Waals surface area contributed by atoms with E-state index >= 15 is 0 Å². The van der Waals surface area contributed by atoms with Crippen LogP contribution in [0.3, 0.4) is 0 Å². The Morgan fingerprint density at radius 3 is 2.50 bits per heavy atom. The van der Waals surface area contributed by atoms with Gasteiger partial charge >= 0.3 is 0 Å². The number of rotatable bonds is 1. The van der Waals surface area contributed by atoms with Gasteiger partial charge in [-0.15, -0.1) is 0 Å². The van der Waals surface area contributed by atoms with Crippen molar-refractivity contribution in [3.63, 3.8) is 0 Å². The van der Waals surface area contributed by atoms with Gasteiger partial charge in [0.1, 0.15) is 5.75 Å². The summed E-state index contributed by atoms with van der Waals surface area (Å²) in [5.41, 5.74) is 0.578. The number of carbonyl (C=O) groups is 1. The molecule has 0 saturated carbocycles. The molecule has 1 aliphatic heterocycles. The first-order valence-electron chi connectivity index (χ1n) is 6.25. The lowest BCUT2D eigenvalue weighted by molar-refractivity contribution is 0.0622. The van der Waals surface area contributed by atoms with Crippen LogP contribution in [0.2, 0.25) is 0 Å². The largest absolute Gasteiger partial charge is 0.507 e. The predicted octanol–water partition coefficient (Wildman–Crippen LogP) is 3.11. The van der Waals surface area contributed by atoms with Crippen LogP contribution in [0, 0.1) is 15.4 Å². The van der Waals surface area contributed by atoms with E-state index in [1.807, 2.05) is 4.90 Å². The first kappa shape index (κ1) is 13.6. The molecule has 4 heteroatoms. The van der Waals surface area contributed by atoms with Gasteiger partial charge in [0.25, 0.3) is 5.91 Å². The third-order valence-electron chi connectivity index (χ3n) is 3.35. The van der Waals surface area contributed by atoms with Crippen LogP contribution in [0.15, 0.2) is 18.2 Å². The number of likely N-dealkylation sites (tertiary alicyclic amines) is 1. The number of carbonyl (C=O) groups excluding carboxylic acids is 1. The number of phenols is 1. The summed E-state index contributed by atoms with van der Waals surface area (Å²) in [5.74, 6) is 1.31. The van der Waals surface area contributed by atoms with Crippen LogP contribution in [0.25, 0.3) is 0 Å². The maximum atomic E-state index is 12.4. The van der Waals surface area contributed by atoms with Gasteiger partial charge in [0.15, 0.2) is 0 Å². The van der Waals surface area contributed by atoms with Gasteiger partial charge in [0.2, 0.25) is 0 Å². The molecule has 3 nitrogen and oxygen atoms in total. The summed E-state index contributed by atoms with van der Waals surface area (Å²) < 4.78 is 0.768. The van der Waals surface area contributed by atoms with Crippen molar-refractivity contribution in [2.45, 2.75) is 20.3 Å². The Bertz CT molecular complexity index is 451. The average molecular weight is 359 g/mol. The van der Waals surface area contributed by atoms with E-state index in [4.69, 9.17) is 0 Å². The van der Waals surface area contributed by atoms with Crippen LogP contribution in [-0.2, 0) is 0 Å². The lowest BCUT2D eigenvalue weighted by Gasteiger charge is -2.35. The van der Waals surface area contributed by atoms with Crippen LogP contribution >= 0.6 is 22.6 Å². The second kappa shape index (κ2) is 5.47. The van der Waals surface area contributed by atoms with Crippen molar-refractivity contribution < 1.29 is 9.90 Å². The summed E-state index contributed by atoms with van der Waals surface area (Å²) in [5, 5.41) is 9.67. The van der Waals surface area contributed by atoms with E-state index in [2.05, 4.69) is 36.4 Å². The Labute approximate surface area is 121 Å². The lowest BCUT2D eigenvalue weighted by Crippen LogP contribution is -2.42. The van der Waals surface area contributed by atoms with Crippen LogP contribution in [0.5, 0.6) is 5.75 Å². The van der Waals surface area contributed by atoms with Gasteiger partial charge in [-0.3, -0.25) is 4.79 Å². The van der Waals surface area contributed by atoms with E-state index in [0.717, 1.165) is 16.7 Å². The molecule has 2 unspecified atom stereocenters. The van der Waals surface area contributed by atoms with Gasteiger partial charge in [-0.05, 0) is 59.0 Å². The smallest absolute Gasteiger partial charge is 0.254 e. The number of hydrogen-bond donors (Lipinski definition) is 1. The third-order valence-corrected chi connectivity index (χ3v) is 4.26. The van der Waals surface area contributed by atoms with Crippen molar-refractivity contribution in [2.24, 2.45) is 11.8 Å².